The molecule has 1 saturated heterocycles. The quantitative estimate of drug-likeness (QED) is 0.235. The van der Waals surface area contributed by atoms with Gasteiger partial charge in [-0.3, -0.25) is 5.53 Å². The molecule has 0 radical (unpaired) electrons. The van der Waals surface area contributed by atoms with Crippen molar-refractivity contribution in [1.82, 2.24) is 4.97 Å². The van der Waals surface area contributed by atoms with Crippen molar-refractivity contribution < 1.29 is 4.74 Å². The van der Waals surface area contributed by atoms with Crippen LogP contribution in [0.2, 0.25) is 0 Å². The minimum atomic E-state index is 1.00. The highest BCUT2D eigenvalue weighted by Gasteiger charge is 1.94. The van der Waals surface area contributed by atoms with Crippen molar-refractivity contribution in [3.63, 3.8) is 0 Å². The van der Waals surface area contributed by atoms with E-state index >= 15 is 0 Å². The van der Waals surface area contributed by atoms with Gasteiger partial charge in [0.2, 0.25) is 0 Å². The zero-order chi connectivity index (χ0) is 4.83. The monoisotopic (exact) mass is 88.0 g/mol. The Hall–Kier alpha value is -0.730. The molecule has 0 bridgehead atoms. The molecule has 0 aromatic heterocycles. The highest BCUT2D eigenvalue weighted by atomic mass is 16.6. The summed E-state index contributed by atoms with van der Waals surface area (Å²) < 4.78 is 4.50. The topological polar surface area (TPSA) is 66.0 Å². The summed E-state index contributed by atoms with van der Waals surface area (Å²) in [5.74, 6) is 0. The van der Waals surface area contributed by atoms with Crippen molar-refractivity contribution in [3.8, 4) is 0 Å². The number of hydrogen-bond acceptors (Lipinski definition) is 2. The molecule has 0 saturated carbocycles. The Morgan fingerprint density at radius 3 is 1.83 bits per heavy atom. The van der Waals surface area contributed by atoms with E-state index in [0.717, 1.165) is 13.2 Å². The summed E-state index contributed by atoms with van der Waals surface area (Å²) in [6.45, 7) is 2.00. The first-order chi connectivity index (χ1) is 2.91. The van der Waals surface area contributed by atoms with Gasteiger partial charge in [-0.15, -0.1) is 0 Å². The van der Waals surface area contributed by atoms with Crippen molar-refractivity contribution in [2.45, 2.75) is 0 Å². The lowest BCUT2D eigenvalue weighted by molar-refractivity contribution is 0.475. The third kappa shape index (κ3) is 231. The Labute approximate surface area is 34.6 Å². The van der Waals surface area contributed by atoms with Crippen LogP contribution in [-0.4, -0.2) is 13.2 Å². The molecular weight excluding hydrogens is 84.0 g/mol. The van der Waals surface area contributed by atoms with Gasteiger partial charge in [0.1, 0.15) is 4.97 Å². The van der Waals surface area contributed by atoms with Crippen LogP contribution >= 0.6 is 0 Å². The molecule has 0 spiro atoms. The molecule has 34 valence electrons. The van der Waals surface area contributed by atoms with E-state index in [1.807, 2.05) is 0 Å². The summed E-state index contributed by atoms with van der Waals surface area (Å²) in [4.78, 5) is 9.36. The molecule has 1 aliphatic heterocycles. The second-order valence-corrected chi connectivity index (χ2v) is 0.694. The standard InChI is InChI=1S/C2H4O.N2O/c1-2-3-1;1-2-3/h1-2H2;. The average molecular weight is 88.1 g/mol. The number of nitrogens with zero attached hydrogens (tertiary/aromatic N) is 2. The van der Waals surface area contributed by atoms with Crippen molar-refractivity contribution in [3.05, 3.63) is 10.4 Å². The summed E-state index contributed by atoms with van der Waals surface area (Å²) >= 11 is 0. The van der Waals surface area contributed by atoms with Crippen LogP contribution in [0.15, 0.2) is 0 Å². The smallest absolute Gasteiger partial charge is 0.151 e. The molecule has 1 heterocycles. The van der Waals surface area contributed by atoms with E-state index in [9.17, 15) is 0 Å². The lowest BCUT2D eigenvalue weighted by atomic mass is 11.0. The molecule has 4 heteroatoms. The van der Waals surface area contributed by atoms with E-state index in [4.69, 9.17) is 10.4 Å². The van der Waals surface area contributed by atoms with Crippen molar-refractivity contribution in [1.29, 1.82) is 0 Å². The molecule has 0 aromatic carbocycles. The van der Waals surface area contributed by atoms with E-state index in [0.29, 0.717) is 0 Å². The fourth-order valence-electron chi connectivity index (χ4n) is 0. The molecule has 0 aromatic rings. The molecular formula is C2H4N2O2. The number of nitroso groups, excluding NO2 is 1. The molecule has 0 aliphatic carbocycles. The molecule has 4 nitrogen and oxygen atoms in total. The highest BCUT2D eigenvalue weighted by Crippen LogP contribution is 1.84. The Bertz CT molecular complexity index is 51.8. The molecule has 1 aliphatic rings. The lowest BCUT2D eigenvalue weighted by Crippen LogP contribution is -1.21. The van der Waals surface area contributed by atoms with Gasteiger partial charge >= 0.3 is 0 Å². The number of epoxide rings is 1. The van der Waals surface area contributed by atoms with Gasteiger partial charge in [0.25, 0.3) is 0 Å². The van der Waals surface area contributed by atoms with Crippen LogP contribution in [0.3, 0.4) is 0 Å². The fourth-order valence-corrected chi connectivity index (χ4v) is 0. The minimum Gasteiger partial charge on any atom is -0.377 e. The third-order valence-corrected chi connectivity index (χ3v) is 0.204. The van der Waals surface area contributed by atoms with E-state index in [2.05, 4.69) is 4.74 Å². The zero-order valence-corrected chi connectivity index (χ0v) is 3.13. The van der Waals surface area contributed by atoms with Crippen LogP contribution in [0.1, 0.15) is 0 Å². The predicted molar refractivity (Wildman–Crippen MR) is 19.7 cm³/mol. The van der Waals surface area contributed by atoms with Crippen LogP contribution in [0.5, 0.6) is 0 Å². The molecule has 0 unspecified atom stereocenters. The van der Waals surface area contributed by atoms with Gasteiger partial charge in [-0.05, 0) is 0 Å². The summed E-state index contributed by atoms with van der Waals surface area (Å²) in [6.07, 6.45) is 0. The Morgan fingerprint density at radius 2 is 1.83 bits per heavy atom. The van der Waals surface area contributed by atoms with E-state index in [1.165, 1.54) is 4.97 Å². The third-order valence-electron chi connectivity index (χ3n) is 0.204. The maximum atomic E-state index is 8.11. The van der Waals surface area contributed by atoms with Gasteiger partial charge < -0.3 is 4.74 Å². The molecule has 1 rings (SSSR count). The second-order valence-electron chi connectivity index (χ2n) is 0.694. The van der Waals surface area contributed by atoms with Crippen molar-refractivity contribution >= 4 is 0 Å². The minimum absolute atomic E-state index is 1.00. The molecule has 0 amide bonds. The van der Waals surface area contributed by atoms with E-state index < -0.39 is 0 Å². The van der Waals surface area contributed by atoms with E-state index in [-0.39, 0.29) is 0 Å². The fraction of sp³-hybridized carbons (Fsp3) is 1.00. The van der Waals surface area contributed by atoms with Crippen LogP contribution < -0.4 is 4.97 Å². The van der Waals surface area contributed by atoms with Gasteiger partial charge in [0.05, 0.1) is 13.2 Å². The van der Waals surface area contributed by atoms with E-state index in [1.54, 1.807) is 0 Å². The van der Waals surface area contributed by atoms with Gasteiger partial charge in [-0.1, -0.05) is 0 Å². The van der Waals surface area contributed by atoms with Gasteiger partial charge in [0.15, 0.2) is 4.91 Å². The Morgan fingerprint density at radius 1 is 1.67 bits per heavy atom. The summed E-state index contributed by atoms with van der Waals surface area (Å²) in [5, 5.41) is 0. The summed E-state index contributed by atoms with van der Waals surface area (Å²) in [6, 6.07) is 0. The van der Waals surface area contributed by atoms with Crippen LogP contribution in [0, 0.1) is 4.91 Å². The first kappa shape index (κ1) is 5.27. The lowest BCUT2D eigenvalue weighted by Gasteiger charge is -1.24. The molecule has 0 atom stereocenters. The Kier molecular flexibility index (Phi) is 3.75. The first-order valence-electron chi connectivity index (χ1n) is 1.46. The van der Waals surface area contributed by atoms with Crippen LogP contribution in [-0.2, 0) is 4.74 Å². The first-order valence-corrected chi connectivity index (χ1v) is 1.46. The zero-order valence-electron chi connectivity index (χ0n) is 3.13. The largest absolute Gasteiger partial charge is 0.377 e. The number of hydrogen-bond donors (Lipinski definition) is 0. The predicted octanol–water partition coefficient (Wildman–Crippen LogP) is -0.142. The maximum absolute atomic E-state index is 8.11. The van der Waals surface area contributed by atoms with Gasteiger partial charge in [-0.25, -0.2) is 0 Å². The molecule has 1 fully saturated rings. The Balaban J connectivity index is 0.0000000833. The second kappa shape index (κ2) is 4.27. The molecule has 6 heavy (non-hydrogen) atoms. The number of rotatable bonds is 0. The maximum Gasteiger partial charge on any atom is 0.151 e. The summed E-state index contributed by atoms with van der Waals surface area (Å²) in [5.41, 5.74) is 6.64. The van der Waals surface area contributed by atoms with Crippen molar-refractivity contribution in [2.24, 2.45) is 0 Å². The van der Waals surface area contributed by atoms with Gasteiger partial charge in [0, 0.05) is 0 Å². The van der Waals surface area contributed by atoms with Crippen LogP contribution in [0.4, 0.5) is 0 Å². The van der Waals surface area contributed by atoms with Gasteiger partial charge in [-0.2, -0.15) is 0 Å². The normalized spacial score (nSPS) is 13.3. The highest BCUT2D eigenvalue weighted by molar-refractivity contribution is 4.36. The number of ether oxygens (including phenoxy) is 1. The summed E-state index contributed by atoms with van der Waals surface area (Å²) in [7, 11) is 0. The van der Waals surface area contributed by atoms with Crippen molar-refractivity contribution in [2.75, 3.05) is 13.2 Å². The average Bonchev–Trinajstić information content (AvgIpc) is 2.11. The SMILES string of the molecule is C1CO1.[N-]=[N+]=O. The van der Waals surface area contributed by atoms with Crippen LogP contribution in [0.25, 0.3) is 5.53 Å². The molecule has 0 N–H and O–H groups in total.